The van der Waals surface area contributed by atoms with E-state index in [1.807, 2.05) is 55.6 Å². The normalized spacial score (nSPS) is 13.4. The maximum Gasteiger partial charge on any atom is 0.226 e. The van der Waals surface area contributed by atoms with Gasteiger partial charge in [0.25, 0.3) is 0 Å². The minimum atomic E-state index is 0. The molecule has 0 spiro atoms. The molecule has 0 aliphatic heterocycles. The number of aromatic nitrogens is 2. The van der Waals surface area contributed by atoms with E-state index in [1.165, 1.54) is 12.8 Å². The second kappa shape index (κ2) is 11.7. The van der Waals surface area contributed by atoms with Gasteiger partial charge in [0.1, 0.15) is 6.26 Å². The molecular weight excluding hydrogens is 505 g/mol. The van der Waals surface area contributed by atoms with Crippen LogP contribution in [0.2, 0.25) is 0 Å². The van der Waals surface area contributed by atoms with Gasteiger partial charge in [0, 0.05) is 24.4 Å². The molecule has 3 aromatic rings. The first kappa shape index (κ1) is 23.1. The van der Waals surface area contributed by atoms with Crippen LogP contribution in [0.3, 0.4) is 0 Å². The number of oxazole rings is 1. The first-order valence-electron chi connectivity index (χ1n) is 10.4. The number of rotatable bonds is 9. The van der Waals surface area contributed by atoms with Crippen molar-refractivity contribution < 1.29 is 9.15 Å². The minimum Gasteiger partial charge on any atom is -0.477 e. The van der Waals surface area contributed by atoms with Gasteiger partial charge in [0.15, 0.2) is 5.96 Å². The van der Waals surface area contributed by atoms with Crippen molar-refractivity contribution in [1.29, 1.82) is 0 Å². The third kappa shape index (κ3) is 7.23. The lowest BCUT2D eigenvalue weighted by atomic mass is 10.2. The Morgan fingerprint density at radius 2 is 2.00 bits per heavy atom. The third-order valence-corrected chi connectivity index (χ3v) is 4.73. The molecule has 0 amide bonds. The van der Waals surface area contributed by atoms with E-state index >= 15 is 0 Å². The Morgan fingerprint density at radius 1 is 1.16 bits per heavy atom. The summed E-state index contributed by atoms with van der Waals surface area (Å²) < 4.78 is 11.3. The second-order valence-corrected chi connectivity index (χ2v) is 7.32. The van der Waals surface area contributed by atoms with E-state index in [0.29, 0.717) is 24.9 Å². The summed E-state index contributed by atoms with van der Waals surface area (Å²) in [4.78, 5) is 13.5. The van der Waals surface area contributed by atoms with Crippen molar-refractivity contribution in [3.63, 3.8) is 0 Å². The maximum absolute atomic E-state index is 5.68. The Morgan fingerprint density at radius 3 is 2.71 bits per heavy atom. The average molecular weight is 533 g/mol. The van der Waals surface area contributed by atoms with Crippen molar-refractivity contribution in [3.05, 3.63) is 66.2 Å². The summed E-state index contributed by atoms with van der Waals surface area (Å²) in [6, 6.07) is 13.8. The summed E-state index contributed by atoms with van der Waals surface area (Å²) in [6.07, 6.45) is 6.03. The van der Waals surface area contributed by atoms with Crippen LogP contribution in [-0.4, -0.2) is 29.1 Å². The Kier molecular flexibility index (Phi) is 8.69. The Bertz CT molecular complexity index is 956. The van der Waals surface area contributed by atoms with Gasteiger partial charge in [-0.3, -0.25) is 0 Å². The lowest BCUT2D eigenvalue weighted by Crippen LogP contribution is -2.36. The van der Waals surface area contributed by atoms with Crippen LogP contribution in [0.25, 0.3) is 11.5 Å². The highest BCUT2D eigenvalue weighted by Crippen LogP contribution is 2.29. The van der Waals surface area contributed by atoms with Gasteiger partial charge < -0.3 is 19.8 Å². The molecule has 1 aromatic carbocycles. The lowest BCUT2D eigenvalue weighted by molar-refractivity contribution is 0.288. The molecule has 0 unspecified atom stereocenters. The summed E-state index contributed by atoms with van der Waals surface area (Å²) >= 11 is 0. The molecule has 1 saturated carbocycles. The number of hydrogen-bond acceptors (Lipinski definition) is 5. The molecule has 0 radical (unpaired) electrons. The van der Waals surface area contributed by atoms with Crippen molar-refractivity contribution in [1.82, 2.24) is 20.6 Å². The van der Waals surface area contributed by atoms with E-state index in [0.717, 1.165) is 41.8 Å². The van der Waals surface area contributed by atoms with E-state index < -0.39 is 0 Å². The Hall–Kier alpha value is -2.62. The predicted molar refractivity (Wildman–Crippen MR) is 131 cm³/mol. The molecular formula is C23H28IN5O2. The molecule has 2 heterocycles. The maximum atomic E-state index is 5.68. The van der Waals surface area contributed by atoms with E-state index in [9.17, 15) is 0 Å². The first-order valence-corrected chi connectivity index (χ1v) is 10.4. The van der Waals surface area contributed by atoms with Crippen LogP contribution < -0.4 is 15.4 Å². The summed E-state index contributed by atoms with van der Waals surface area (Å²) in [5, 5.41) is 6.54. The van der Waals surface area contributed by atoms with Crippen LogP contribution in [0.5, 0.6) is 5.88 Å². The van der Waals surface area contributed by atoms with Gasteiger partial charge >= 0.3 is 0 Å². The van der Waals surface area contributed by atoms with Crippen LogP contribution in [0.1, 0.15) is 31.0 Å². The average Bonchev–Trinajstić information content (AvgIpc) is 3.50. The molecule has 2 aromatic heterocycles. The molecule has 8 heteroatoms. The van der Waals surface area contributed by atoms with Gasteiger partial charge in [-0.25, -0.2) is 15.0 Å². The molecule has 0 atom stereocenters. The summed E-state index contributed by atoms with van der Waals surface area (Å²) in [6.45, 7) is 4.63. The van der Waals surface area contributed by atoms with E-state index in [4.69, 9.17) is 9.15 Å². The Labute approximate surface area is 199 Å². The van der Waals surface area contributed by atoms with Crippen LogP contribution in [0, 0.1) is 5.92 Å². The fourth-order valence-electron chi connectivity index (χ4n) is 2.87. The first-order chi connectivity index (χ1) is 14.8. The molecule has 164 valence electrons. The highest BCUT2D eigenvalue weighted by molar-refractivity contribution is 14.0. The lowest BCUT2D eigenvalue weighted by Gasteiger charge is -2.10. The smallest absolute Gasteiger partial charge is 0.226 e. The summed E-state index contributed by atoms with van der Waals surface area (Å²) in [5.41, 5.74) is 2.80. The third-order valence-electron chi connectivity index (χ3n) is 4.73. The van der Waals surface area contributed by atoms with Crippen molar-refractivity contribution >= 4 is 29.9 Å². The van der Waals surface area contributed by atoms with Crippen molar-refractivity contribution in [2.75, 3.05) is 13.2 Å². The van der Waals surface area contributed by atoms with Gasteiger partial charge in [-0.1, -0.05) is 24.3 Å². The fourth-order valence-corrected chi connectivity index (χ4v) is 2.87. The largest absolute Gasteiger partial charge is 0.477 e. The molecule has 2 N–H and O–H groups in total. The highest BCUT2D eigenvalue weighted by atomic mass is 127. The van der Waals surface area contributed by atoms with E-state index in [1.54, 1.807) is 6.26 Å². The molecule has 1 fully saturated rings. The SMILES string of the molecule is CCNC(=NCc1ccc(OCC2CC2)nc1)NCc1coc(-c2ccccc2)n1.I. The molecule has 0 bridgehead atoms. The minimum absolute atomic E-state index is 0. The van der Waals surface area contributed by atoms with Crippen molar-refractivity contribution in [2.45, 2.75) is 32.9 Å². The molecule has 0 saturated heterocycles. The van der Waals surface area contributed by atoms with E-state index in [-0.39, 0.29) is 24.0 Å². The number of benzene rings is 1. The van der Waals surface area contributed by atoms with Crippen LogP contribution in [-0.2, 0) is 13.1 Å². The van der Waals surface area contributed by atoms with Crippen LogP contribution in [0.4, 0.5) is 0 Å². The van der Waals surface area contributed by atoms with Crippen molar-refractivity contribution in [3.8, 4) is 17.3 Å². The number of ether oxygens (including phenoxy) is 1. The Balaban J connectivity index is 0.00000272. The molecule has 4 rings (SSSR count). The van der Waals surface area contributed by atoms with Crippen LogP contribution in [0.15, 0.2) is 64.3 Å². The summed E-state index contributed by atoms with van der Waals surface area (Å²) in [7, 11) is 0. The molecule has 31 heavy (non-hydrogen) atoms. The zero-order valence-corrected chi connectivity index (χ0v) is 19.9. The molecule has 1 aliphatic rings. The zero-order valence-electron chi connectivity index (χ0n) is 17.6. The van der Waals surface area contributed by atoms with E-state index in [2.05, 4.69) is 25.6 Å². The number of nitrogens with one attached hydrogen (secondary N) is 2. The second-order valence-electron chi connectivity index (χ2n) is 7.32. The number of aliphatic imine (C=N–C) groups is 1. The fraction of sp³-hybridized carbons (Fsp3) is 0.348. The predicted octanol–water partition coefficient (Wildman–Crippen LogP) is 4.40. The topological polar surface area (TPSA) is 84.6 Å². The number of guanidine groups is 1. The quantitative estimate of drug-likeness (QED) is 0.241. The number of halogens is 1. The van der Waals surface area contributed by atoms with Gasteiger partial charge in [0.05, 0.1) is 25.4 Å². The van der Waals surface area contributed by atoms with Gasteiger partial charge in [-0.15, -0.1) is 24.0 Å². The zero-order chi connectivity index (χ0) is 20.6. The monoisotopic (exact) mass is 533 g/mol. The van der Waals surface area contributed by atoms with Gasteiger partial charge in [-0.05, 0) is 43.4 Å². The van der Waals surface area contributed by atoms with Gasteiger partial charge in [-0.2, -0.15) is 0 Å². The van der Waals surface area contributed by atoms with Crippen LogP contribution >= 0.6 is 24.0 Å². The standard InChI is InChI=1S/C23H27N5O2.HI/c1-2-24-23(26-13-18-10-11-21(25-12-18)29-15-17-8-9-17)27-14-20-16-30-22(28-20)19-6-4-3-5-7-19;/h3-7,10-12,16-17H,2,8-9,13-15H2,1H3,(H2,24,26,27);1H. The highest BCUT2D eigenvalue weighted by Gasteiger charge is 2.22. The number of hydrogen-bond donors (Lipinski definition) is 2. The molecule has 7 nitrogen and oxygen atoms in total. The van der Waals surface area contributed by atoms with Crippen molar-refractivity contribution in [2.24, 2.45) is 10.9 Å². The molecule has 1 aliphatic carbocycles. The number of pyridine rings is 1. The number of nitrogens with zero attached hydrogens (tertiary/aromatic N) is 3. The summed E-state index contributed by atoms with van der Waals surface area (Å²) in [5.74, 6) is 2.73. The van der Waals surface area contributed by atoms with Gasteiger partial charge in [0.2, 0.25) is 11.8 Å².